The van der Waals surface area contributed by atoms with Gasteiger partial charge in [0.2, 0.25) is 0 Å². The average Bonchev–Trinajstić information content (AvgIpc) is 2.74. The third kappa shape index (κ3) is 5.43. The number of hydrazone groups is 1. The maximum atomic E-state index is 13.1. The summed E-state index contributed by atoms with van der Waals surface area (Å²) in [7, 11) is -4.03. The second kappa shape index (κ2) is 9.51. The van der Waals surface area contributed by atoms with Crippen molar-refractivity contribution in [1.29, 1.82) is 0 Å². The Morgan fingerprint density at radius 3 is 2.27 bits per heavy atom. The first-order valence-corrected chi connectivity index (χ1v) is 10.6. The second-order valence-corrected chi connectivity index (χ2v) is 8.44. The molecule has 0 heterocycles. The van der Waals surface area contributed by atoms with Gasteiger partial charge in [0.05, 0.1) is 16.8 Å². The highest BCUT2D eigenvalue weighted by atomic mass is 35.5. The Balaban J connectivity index is 1.80. The van der Waals surface area contributed by atoms with Crippen LogP contribution in [0.3, 0.4) is 0 Å². The van der Waals surface area contributed by atoms with E-state index in [1.807, 2.05) is 0 Å². The molecule has 0 atom stereocenters. The SMILES string of the molecule is O=C(CN(c1ccccc1)S(=O)(=O)c1ccc(Cl)cc1)N/N=C\c1ccc(F)cc1. The number of halogens is 2. The number of hydrogen-bond donors (Lipinski definition) is 1. The van der Waals surface area contributed by atoms with Crippen LogP contribution in [0.1, 0.15) is 5.56 Å². The van der Waals surface area contributed by atoms with Gasteiger partial charge in [0, 0.05) is 5.02 Å². The fourth-order valence-electron chi connectivity index (χ4n) is 2.54. The molecule has 0 radical (unpaired) electrons. The molecule has 1 amide bonds. The molecule has 0 fully saturated rings. The van der Waals surface area contributed by atoms with Gasteiger partial charge >= 0.3 is 0 Å². The zero-order valence-electron chi connectivity index (χ0n) is 15.6. The molecule has 0 aromatic heterocycles. The molecule has 0 bridgehead atoms. The Morgan fingerprint density at radius 2 is 1.63 bits per heavy atom. The normalized spacial score (nSPS) is 11.4. The lowest BCUT2D eigenvalue weighted by Crippen LogP contribution is -2.39. The molecule has 30 heavy (non-hydrogen) atoms. The number of para-hydroxylation sites is 1. The first kappa shape index (κ1) is 21.5. The lowest BCUT2D eigenvalue weighted by atomic mass is 10.2. The maximum absolute atomic E-state index is 13.1. The van der Waals surface area contributed by atoms with Crippen LogP contribution >= 0.6 is 11.6 Å². The van der Waals surface area contributed by atoms with Gasteiger partial charge in [0.25, 0.3) is 15.9 Å². The number of carbonyl (C=O) groups is 1. The Labute approximate surface area is 178 Å². The van der Waals surface area contributed by atoms with Crippen LogP contribution in [0, 0.1) is 5.82 Å². The number of hydrogen-bond acceptors (Lipinski definition) is 4. The van der Waals surface area contributed by atoms with Crippen LogP contribution in [0.2, 0.25) is 5.02 Å². The van der Waals surface area contributed by atoms with Gasteiger partial charge in [-0.25, -0.2) is 18.2 Å². The van der Waals surface area contributed by atoms with E-state index < -0.39 is 22.5 Å². The zero-order valence-corrected chi connectivity index (χ0v) is 17.1. The molecule has 0 aliphatic carbocycles. The van der Waals surface area contributed by atoms with Gasteiger partial charge in [-0.3, -0.25) is 9.10 Å². The van der Waals surface area contributed by atoms with Crippen LogP contribution in [-0.4, -0.2) is 27.1 Å². The third-order valence-electron chi connectivity index (χ3n) is 4.01. The van der Waals surface area contributed by atoms with E-state index in [0.29, 0.717) is 16.3 Å². The minimum atomic E-state index is -4.03. The monoisotopic (exact) mass is 445 g/mol. The molecule has 0 unspecified atom stereocenters. The number of amides is 1. The van der Waals surface area contributed by atoms with E-state index in [-0.39, 0.29) is 10.7 Å². The van der Waals surface area contributed by atoms with Crippen molar-refractivity contribution in [3.63, 3.8) is 0 Å². The number of sulfonamides is 1. The molecule has 6 nitrogen and oxygen atoms in total. The fourth-order valence-corrected chi connectivity index (χ4v) is 4.08. The molecule has 1 N–H and O–H groups in total. The van der Waals surface area contributed by atoms with Crippen molar-refractivity contribution in [2.24, 2.45) is 5.10 Å². The summed E-state index contributed by atoms with van der Waals surface area (Å²) in [6.07, 6.45) is 1.33. The number of carbonyl (C=O) groups excluding carboxylic acids is 1. The summed E-state index contributed by atoms with van der Waals surface area (Å²) < 4.78 is 40.2. The van der Waals surface area contributed by atoms with Gasteiger partial charge in [-0.2, -0.15) is 5.10 Å². The standard InChI is InChI=1S/C21H17ClFN3O3S/c22-17-8-12-20(13-9-17)30(28,29)26(19-4-2-1-3-5-19)15-21(27)25-24-14-16-6-10-18(23)11-7-16/h1-14H,15H2,(H,25,27)/b24-14-. The van der Waals surface area contributed by atoms with Crippen molar-refractivity contribution in [2.75, 3.05) is 10.8 Å². The molecule has 154 valence electrons. The predicted molar refractivity (Wildman–Crippen MR) is 115 cm³/mol. The highest BCUT2D eigenvalue weighted by molar-refractivity contribution is 7.92. The van der Waals surface area contributed by atoms with Gasteiger partial charge in [0.1, 0.15) is 12.4 Å². The smallest absolute Gasteiger partial charge is 0.264 e. The molecule has 3 aromatic rings. The van der Waals surface area contributed by atoms with Crippen molar-refractivity contribution in [2.45, 2.75) is 4.90 Å². The Morgan fingerprint density at radius 1 is 1.00 bits per heavy atom. The number of benzene rings is 3. The minimum absolute atomic E-state index is 0.00151. The van der Waals surface area contributed by atoms with Crippen LogP contribution in [0.4, 0.5) is 10.1 Å². The van der Waals surface area contributed by atoms with E-state index in [4.69, 9.17) is 11.6 Å². The van der Waals surface area contributed by atoms with Crippen molar-refractivity contribution in [3.8, 4) is 0 Å². The van der Waals surface area contributed by atoms with Crippen molar-refractivity contribution < 1.29 is 17.6 Å². The van der Waals surface area contributed by atoms with Crippen LogP contribution in [-0.2, 0) is 14.8 Å². The van der Waals surface area contributed by atoms with E-state index in [9.17, 15) is 17.6 Å². The van der Waals surface area contributed by atoms with E-state index in [2.05, 4.69) is 10.5 Å². The molecule has 0 aliphatic heterocycles. The summed E-state index contributed by atoms with van der Waals surface area (Å²) in [6, 6.07) is 19.4. The first-order valence-electron chi connectivity index (χ1n) is 8.77. The number of anilines is 1. The number of nitrogens with one attached hydrogen (secondary N) is 1. The van der Waals surface area contributed by atoms with Crippen LogP contribution < -0.4 is 9.73 Å². The van der Waals surface area contributed by atoms with Gasteiger partial charge in [-0.05, 0) is 54.1 Å². The minimum Gasteiger partial charge on any atom is -0.271 e. The summed E-state index contributed by atoms with van der Waals surface area (Å²) in [6.45, 7) is -0.490. The topological polar surface area (TPSA) is 78.8 Å². The van der Waals surface area contributed by atoms with Gasteiger partial charge < -0.3 is 0 Å². The van der Waals surface area contributed by atoms with Crippen molar-refractivity contribution in [1.82, 2.24) is 5.43 Å². The van der Waals surface area contributed by atoms with Gasteiger partial charge in [0.15, 0.2) is 0 Å². The largest absolute Gasteiger partial charge is 0.271 e. The molecule has 0 saturated heterocycles. The lowest BCUT2D eigenvalue weighted by Gasteiger charge is -2.23. The summed E-state index contributed by atoms with van der Waals surface area (Å²) >= 11 is 5.85. The van der Waals surface area contributed by atoms with Crippen LogP contribution in [0.15, 0.2) is 88.9 Å². The fraction of sp³-hybridized carbons (Fsp3) is 0.0476. The van der Waals surface area contributed by atoms with Crippen molar-refractivity contribution >= 4 is 39.4 Å². The van der Waals surface area contributed by atoms with E-state index in [1.54, 1.807) is 30.3 Å². The Bertz CT molecular complexity index is 1140. The first-order chi connectivity index (χ1) is 14.4. The Hall–Kier alpha value is -3.23. The van der Waals surface area contributed by atoms with E-state index in [1.165, 1.54) is 54.7 Å². The predicted octanol–water partition coefficient (Wildman–Crippen LogP) is 3.82. The highest BCUT2D eigenvalue weighted by Crippen LogP contribution is 2.24. The molecular weight excluding hydrogens is 429 g/mol. The zero-order chi connectivity index (χ0) is 21.6. The number of rotatable bonds is 7. The second-order valence-electron chi connectivity index (χ2n) is 6.15. The van der Waals surface area contributed by atoms with Gasteiger partial charge in [-0.1, -0.05) is 41.9 Å². The van der Waals surface area contributed by atoms with E-state index >= 15 is 0 Å². The molecular formula is C21H17ClFN3O3S. The van der Waals surface area contributed by atoms with Gasteiger partial charge in [-0.15, -0.1) is 0 Å². The highest BCUT2D eigenvalue weighted by Gasteiger charge is 2.27. The molecule has 9 heteroatoms. The van der Waals surface area contributed by atoms with E-state index in [0.717, 1.165) is 4.31 Å². The molecule has 0 spiro atoms. The molecule has 0 saturated carbocycles. The maximum Gasteiger partial charge on any atom is 0.264 e. The average molecular weight is 446 g/mol. The summed E-state index contributed by atoms with van der Waals surface area (Å²) in [5.41, 5.74) is 3.19. The quantitative estimate of drug-likeness (QED) is 0.443. The Kier molecular flexibility index (Phi) is 6.81. The summed E-state index contributed by atoms with van der Waals surface area (Å²) in [5, 5.41) is 4.19. The number of nitrogens with zero attached hydrogens (tertiary/aromatic N) is 2. The molecule has 3 aromatic carbocycles. The van der Waals surface area contributed by atoms with Crippen molar-refractivity contribution in [3.05, 3.63) is 95.3 Å². The summed E-state index contributed by atoms with van der Waals surface area (Å²) in [5.74, 6) is -1.03. The van der Waals surface area contributed by atoms with Crippen LogP contribution in [0.25, 0.3) is 0 Å². The molecule has 3 rings (SSSR count). The third-order valence-corrected chi connectivity index (χ3v) is 6.05. The molecule has 0 aliphatic rings. The lowest BCUT2D eigenvalue weighted by molar-refractivity contribution is -0.119. The van der Waals surface area contributed by atoms with Crippen LogP contribution in [0.5, 0.6) is 0 Å². The summed E-state index contributed by atoms with van der Waals surface area (Å²) in [4.78, 5) is 12.4.